The van der Waals surface area contributed by atoms with Crippen molar-refractivity contribution >= 4 is 57.8 Å². The Morgan fingerprint density at radius 3 is 2.75 bits per heavy atom. The first-order valence-electron chi connectivity index (χ1n) is 7.71. The van der Waals surface area contributed by atoms with Gasteiger partial charge in [-0.05, 0) is 54.0 Å². The SMILES string of the molecule is CCN(C)/C=N\c1cc(C)c(Oc2snc(C(C)C)c2I)cc1Cl. The van der Waals surface area contributed by atoms with Gasteiger partial charge in [-0.25, -0.2) is 4.99 Å². The molecule has 0 radical (unpaired) electrons. The van der Waals surface area contributed by atoms with Gasteiger partial charge in [0.1, 0.15) is 5.75 Å². The van der Waals surface area contributed by atoms with Gasteiger partial charge >= 0.3 is 0 Å². The Morgan fingerprint density at radius 1 is 1.46 bits per heavy atom. The normalized spacial score (nSPS) is 11.5. The van der Waals surface area contributed by atoms with E-state index in [4.69, 9.17) is 16.3 Å². The highest BCUT2D eigenvalue weighted by molar-refractivity contribution is 14.1. The van der Waals surface area contributed by atoms with Crippen LogP contribution in [0.25, 0.3) is 0 Å². The molecule has 0 bridgehead atoms. The second-order valence-corrected chi connectivity index (χ2v) is 8.03. The highest BCUT2D eigenvalue weighted by Gasteiger charge is 2.17. The number of hydrogen-bond acceptors (Lipinski definition) is 4. The van der Waals surface area contributed by atoms with E-state index in [0.29, 0.717) is 10.9 Å². The molecule has 1 heterocycles. The van der Waals surface area contributed by atoms with Crippen molar-refractivity contribution in [3.63, 3.8) is 0 Å². The molecule has 0 aliphatic carbocycles. The van der Waals surface area contributed by atoms with Crippen molar-refractivity contribution in [2.24, 2.45) is 4.99 Å². The Kier molecular flexibility index (Phi) is 6.88. The third-order valence-corrected chi connectivity index (χ3v) is 5.97. The molecule has 2 rings (SSSR count). The van der Waals surface area contributed by atoms with Gasteiger partial charge in [0.2, 0.25) is 5.06 Å². The topological polar surface area (TPSA) is 37.7 Å². The van der Waals surface area contributed by atoms with E-state index in [2.05, 4.69) is 52.7 Å². The summed E-state index contributed by atoms with van der Waals surface area (Å²) in [5.74, 6) is 1.11. The Bertz CT molecular complexity index is 746. The lowest BCUT2D eigenvalue weighted by atomic mass is 10.1. The van der Waals surface area contributed by atoms with Crippen molar-refractivity contribution in [1.82, 2.24) is 9.27 Å². The summed E-state index contributed by atoms with van der Waals surface area (Å²) in [6.45, 7) is 9.21. The zero-order valence-electron chi connectivity index (χ0n) is 14.4. The number of halogens is 2. The van der Waals surface area contributed by atoms with Crippen LogP contribution < -0.4 is 4.74 Å². The lowest BCUT2D eigenvalue weighted by molar-refractivity contribution is 0.489. The average Bonchev–Trinajstić information content (AvgIpc) is 2.90. The number of nitrogens with zero attached hydrogens (tertiary/aromatic N) is 3. The van der Waals surface area contributed by atoms with Gasteiger partial charge in [-0.1, -0.05) is 25.4 Å². The van der Waals surface area contributed by atoms with Gasteiger partial charge < -0.3 is 9.64 Å². The first kappa shape index (κ1) is 19.5. The van der Waals surface area contributed by atoms with Gasteiger partial charge in [-0.3, -0.25) is 0 Å². The van der Waals surface area contributed by atoms with E-state index in [1.54, 1.807) is 6.34 Å². The summed E-state index contributed by atoms with van der Waals surface area (Å²) in [5, 5.41) is 1.38. The summed E-state index contributed by atoms with van der Waals surface area (Å²) in [6.07, 6.45) is 1.78. The van der Waals surface area contributed by atoms with E-state index in [1.165, 1.54) is 11.5 Å². The predicted octanol–water partition coefficient (Wildman–Crippen LogP) is 6.24. The highest BCUT2D eigenvalue weighted by atomic mass is 127. The lowest BCUT2D eigenvalue weighted by Gasteiger charge is -2.11. The van der Waals surface area contributed by atoms with Crippen LogP contribution in [0.5, 0.6) is 10.8 Å². The van der Waals surface area contributed by atoms with Gasteiger partial charge in [-0.2, -0.15) is 4.37 Å². The molecule has 7 heteroatoms. The van der Waals surface area contributed by atoms with Gasteiger partial charge in [0.15, 0.2) is 0 Å². The zero-order valence-corrected chi connectivity index (χ0v) is 18.2. The first-order valence-corrected chi connectivity index (χ1v) is 9.94. The van der Waals surface area contributed by atoms with Gasteiger partial charge in [0.25, 0.3) is 0 Å². The number of aromatic nitrogens is 1. The van der Waals surface area contributed by atoms with Crippen LogP contribution in [-0.4, -0.2) is 29.2 Å². The van der Waals surface area contributed by atoms with Crippen LogP contribution >= 0.6 is 45.7 Å². The molecule has 0 aliphatic rings. The molecule has 0 fully saturated rings. The van der Waals surface area contributed by atoms with Crippen molar-refractivity contribution in [2.45, 2.75) is 33.6 Å². The van der Waals surface area contributed by atoms with E-state index in [-0.39, 0.29) is 0 Å². The Labute approximate surface area is 166 Å². The van der Waals surface area contributed by atoms with Crippen LogP contribution in [0.1, 0.15) is 37.9 Å². The lowest BCUT2D eigenvalue weighted by Crippen LogP contribution is -2.14. The smallest absolute Gasteiger partial charge is 0.213 e. The fraction of sp³-hybridized carbons (Fsp3) is 0.412. The summed E-state index contributed by atoms with van der Waals surface area (Å²) >= 11 is 10.0. The maximum atomic E-state index is 6.36. The van der Waals surface area contributed by atoms with Gasteiger partial charge in [0, 0.05) is 31.2 Å². The molecule has 4 nitrogen and oxygen atoms in total. The molecule has 1 aromatic heterocycles. The minimum atomic E-state index is 0.377. The van der Waals surface area contributed by atoms with E-state index in [0.717, 1.165) is 37.9 Å². The highest BCUT2D eigenvalue weighted by Crippen LogP contribution is 2.39. The van der Waals surface area contributed by atoms with Gasteiger partial charge in [-0.15, -0.1) is 0 Å². The van der Waals surface area contributed by atoms with Crippen LogP contribution in [0.4, 0.5) is 5.69 Å². The van der Waals surface area contributed by atoms with Crippen molar-refractivity contribution in [2.75, 3.05) is 13.6 Å². The van der Waals surface area contributed by atoms with Crippen molar-refractivity contribution in [3.05, 3.63) is 32.0 Å². The quantitative estimate of drug-likeness (QED) is 0.281. The molecule has 0 unspecified atom stereocenters. The Morgan fingerprint density at radius 2 is 2.17 bits per heavy atom. The van der Waals surface area contributed by atoms with Crippen LogP contribution in [0, 0.1) is 10.5 Å². The molecule has 1 aromatic carbocycles. The molecular weight excluding hydrogens is 457 g/mol. The van der Waals surface area contributed by atoms with Crippen molar-refractivity contribution in [1.29, 1.82) is 0 Å². The summed E-state index contributed by atoms with van der Waals surface area (Å²) in [7, 11) is 1.97. The predicted molar refractivity (Wildman–Crippen MR) is 112 cm³/mol. The van der Waals surface area contributed by atoms with Crippen LogP contribution in [0.3, 0.4) is 0 Å². The number of rotatable bonds is 6. The molecule has 0 aliphatic heterocycles. The van der Waals surface area contributed by atoms with Gasteiger partial charge in [0.05, 0.1) is 26.3 Å². The Balaban J connectivity index is 2.26. The third-order valence-electron chi connectivity index (χ3n) is 3.52. The fourth-order valence-electron chi connectivity index (χ4n) is 1.90. The largest absolute Gasteiger partial charge is 0.444 e. The molecule has 2 aromatic rings. The number of ether oxygens (including phenoxy) is 1. The number of aryl methyl sites for hydroxylation is 1. The van der Waals surface area contributed by atoms with E-state index in [1.807, 2.05) is 31.0 Å². The molecule has 0 atom stereocenters. The standard InChI is InChI=1S/C17H21ClIN3OS/c1-6-22(5)9-20-13-7-11(4)14(8-12(13)18)23-17-15(19)16(10(2)3)21-24-17/h7-10H,6H2,1-5H3/b20-9-. The van der Waals surface area contributed by atoms with Crippen molar-refractivity contribution in [3.8, 4) is 10.8 Å². The molecule has 24 heavy (non-hydrogen) atoms. The second kappa shape index (κ2) is 8.49. The summed E-state index contributed by atoms with van der Waals surface area (Å²) in [4.78, 5) is 6.42. The summed E-state index contributed by atoms with van der Waals surface area (Å²) in [5.41, 5.74) is 2.80. The molecule has 0 saturated heterocycles. The minimum Gasteiger partial charge on any atom is -0.444 e. The van der Waals surface area contributed by atoms with Crippen LogP contribution in [-0.2, 0) is 0 Å². The molecular formula is C17H21ClIN3OS. The monoisotopic (exact) mass is 477 g/mol. The first-order chi connectivity index (χ1) is 11.3. The summed E-state index contributed by atoms with van der Waals surface area (Å²) in [6, 6.07) is 3.76. The number of aliphatic imine (C=N–C) groups is 1. The van der Waals surface area contributed by atoms with Crippen LogP contribution in [0.2, 0.25) is 5.02 Å². The molecule has 0 spiro atoms. The zero-order chi connectivity index (χ0) is 17.9. The Hall–Kier alpha value is -0.860. The fourth-order valence-corrected chi connectivity index (χ4v) is 4.21. The summed E-state index contributed by atoms with van der Waals surface area (Å²) < 4.78 is 11.6. The number of hydrogen-bond donors (Lipinski definition) is 0. The maximum Gasteiger partial charge on any atom is 0.213 e. The van der Waals surface area contributed by atoms with E-state index >= 15 is 0 Å². The molecule has 0 saturated carbocycles. The molecule has 130 valence electrons. The minimum absolute atomic E-state index is 0.377. The molecule has 0 N–H and O–H groups in total. The van der Waals surface area contributed by atoms with E-state index < -0.39 is 0 Å². The van der Waals surface area contributed by atoms with E-state index in [9.17, 15) is 0 Å². The maximum absolute atomic E-state index is 6.36. The second-order valence-electron chi connectivity index (χ2n) is 5.81. The average molecular weight is 478 g/mol. The van der Waals surface area contributed by atoms with Crippen LogP contribution in [0.15, 0.2) is 17.1 Å². The van der Waals surface area contributed by atoms with Crippen molar-refractivity contribution < 1.29 is 4.74 Å². The third kappa shape index (κ3) is 4.61. The number of benzene rings is 1. The molecule has 0 amide bonds.